The Morgan fingerprint density at radius 2 is 1.97 bits per heavy atom. The molecule has 2 N–H and O–H groups in total. The van der Waals surface area contributed by atoms with Crippen LogP contribution < -0.4 is 25.0 Å². The maximum atomic E-state index is 13.2. The number of amides is 3. The first-order chi connectivity index (χ1) is 16.9. The summed E-state index contributed by atoms with van der Waals surface area (Å²) in [6, 6.07) is 20.6. The quantitative estimate of drug-likeness (QED) is 0.544. The molecule has 0 saturated carbocycles. The molecule has 3 aromatic rings. The zero-order valence-electron chi connectivity index (χ0n) is 20.1. The van der Waals surface area contributed by atoms with Gasteiger partial charge in [-0.2, -0.15) is 0 Å². The van der Waals surface area contributed by atoms with E-state index < -0.39 is 5.72 Å². The summed E-state index contributed by atoms with van der Waals surface area (Å²) < 4.78 is 11.7. The van der Waals surface area contributed by atoms with E-state index in [1.54, 1.807) is 30.2 Å². The minimum absolute atomic E-state index is 0.160. The van der Waals surface area contributed by atoms with Gasteiger partial charge >= 0.3 is 6.03 Å². The number of benzene rings is 3. The number of fused-ring (bicyclic) bond motifs is 4. The molecule has 3 amide bonds. The van der Waals surface area contributed by atoms with Gasteiger partial charge in [-0.1, -0.05) is 35.9 Å². The normalized spacial score (nSPS) is 20.4. The Balaban J connectivity index is 1.34. The zero-order chi connectivity index (χ0) is 24.6. The van der Waals surface area contributed by atoms with Crippen molar-refractivity contribution in [3.63, 3.8) is 0 Å². The Kier molecular flexibility index (Phi) is 5.84. The molecule has 1 unspecified atom stereocenters. The number of methoxy groups -OCH3 is 1. The molecule has 0 radical (unpaired) electrons. The van der Waals surface area contributed by atoms with Crippen LogP contribution in [0.3, 0.4) is 0 Å². The van der Waals surface area contributed by atoms with Crippen molar-refractivity contribution < 1.29 is 19.1 Å². The summed E-state index contributed by atoms with van der Waals surface area (Å²) in [5.41, 5.74) is 3.48. The summed E-state index contributed by atoms with van der Waals surface area (Å²) in [6.45, 7) is 4.47. The summed E-state index contributed by atoms with van der Waals surface area (Å²) in [5, 5.41) is 6.06. The van der Waals surface area contributed by atoms with Crippen molar-refractivity contribution in [2.24, 2.45) is 0 Å². The molecule has 180 valence electrons. The van der Waals surface area contributed by atoms with Gasteiger partial charge in [0.1, 0.15) is 11.5 Å². The first-order valence-electron chi connectivity index (χ1n) is 11.8. The van der Waals surface area contributed by atoms with Crippen LogP contribution in [0.1, 0.15) is 46.4 Å². The number of nitrogens with one attached hydrogen (secondary N) is 2. The van der Waals surface area contributed by atoms with E-state index >= 15 is 0 Å². The predicted octanol–water partition coefficient (Wildman–Crippen LogP) is 4.75. The molecule has 1 fully saturated rings. The van der Waals surface area contributed by atoms with Gasteiger partial charge in [-0.15, -0.1) is 0 Å². The van der Waals surface area contributed by atoms with Gasteiger partial charge in [0.15, 0.2) is 5.72 Å². The number of hydrogen-bond acceptors (Lipinski definition) is 4. The molecule has 0 aromatic heterocycles. The van der Waals surface area contributed by atoms with Gasteiger partial charge < -0.3 is 20.1 Å². The standard InChI is InChI=1S/C28H29N3O4/c1-18-7-9-19(10-8-18)13-14-29-26(32)20-5-4-6-21(15-20)31-27(33)30-24-17-28(31,2)35-25-16-22(34-3)11-12-23(24)25/h4-12,15-16,24H,13-14,17H2,1-3H3,(H,29,32)(H,30,33)/t24?,28-/m1/s1. The van der Waals surface area contributed by atoms with Crippen molar-refractivity contribution in [2.75, 3.05) is 18.6 Å². The number of rotatable bonds is 6. The molecule has 2 atom stereocenters. The van der Waals surface area contributed by atoms with Crippen molar-refractivity contribution in [1.82, 2.24) is 10.6 Å². The van der Waals surface area contributed by atoms with Crippen LogP contribution in [-0.4, -0.2) is 31.3 Å². The van der Waals surface area contributed by atoms with Gasteiger partial charge in [0.2, 0.25) is 0 Å². The molecule has 35 heavy (non-hydrogen) atoms. The van der Waals surface area contributed by atoms with Crippen LogP contribution in [0, 0.1) is 6.92 Å². The Morgan fingerprint density at radius 3 is 2.74 bits per heavy atom. The van der Waals surface area contributed by atoms with Gasteiger partial charge in [0.05, 0.1) is 18.8 Å². The lowest BCUT2D eigenvalue weighted by Crippen LogP contribution is -2.65. The number of anilines is 1. The Labute approximate surface area is 205 Å². The predicted molar refractivity (Wildman–Crippen MR) is 134 cm³/mol. The second-order valence-corrected chi connectivity index (χ2v) is 9.26. The van der Waals surface area contributed by atoms with E-state index in [1.165, 1.54) is 11.1 Å². The fourth-order valence-corrected chi connectivity index (χ4v) is 4.83. The number of carbonyl (C=O) groups is 2. The van der Waals surface area contributed by atoms with Crippen molar-refractivity contribution in [2.45, 2.75) is 38.5 Å². The molecule has 3 aromatic carbocycles. The smallest absolute Gasteiger partial charge is 0.325 e. The van der Waals surface area contributed by atoms with Crippen LogP contribution in [0.4, 0.5) is 10.5 Å². The van der Waals surface area contributed by atoms with Crippen LogP contribution in [0.25, 0.3) is 0 Å². The molecule has 2 heterocycles. The molecule has 2 bridgehead atoms. The summed E-state index contributed by atoms with van der Waals surface area (Å²) in [4.78, 5) is 27.6. The van der Waals surface area contributed by atoms with Gasteiger partial charge in [-0.3, -0.25) is 9.69 Å². The van der Waals surface area contributed by atoms with Gasteiger partial charge in [0, 0.05) is 30.2 Å². The van der Waals surface area contributed by atoms with Crippen molar-refractivity contribution >= 4 is 17.6 Å². The van der Waals surface area contributed by atoms with E-state index in [1.807, 2.05) is 31.2 Å². The lowest BCUT2D eigenvalue weighted by molar-refractivity contribution is 0.0376. The molecule has 2 aliphatic heterocycles. The lowest BCUT2D eigenvalue weighted by Gasteiger charge is -2.50. The number of ether oxygens (including phenoxy) is 2. The molecule has 0 spiro atoms. The topological polar surface area (TPSA) is 79.9 Å². The van der Waals surface area contributed by atoms with Crippen molar-refractivity contribution in [3.05, 3.63) is 89.0 Å². The highest BCUT2D eigenvalue weighted by molar-refractivity contribution is 5.99. The molecular weight excluding hydrogens is 442 g/mol. The highest BCUT2D eigenvalue weighted by Crippen LogP contribution is 2.46. The summed E-state index contributed by atoms with van der Waals surface area (Å²) in [7, 11) is 1.61. The molecule has 2 aliphatic rings. The number of hydrogen-bond donors (Lipinski definition) is 2. The Morgan fingerprint density at radius 1 is 1.17 bits per heavy atom. The number of nitrogens with zero attached hydrogens (tertiary/aromatic N) is 1. The monoisotopic (exact) mass is 471 g/mol. The maximum absolute atomic E-state index is 13.2. The molecular formula is C28H29N3O4. The molecule has 1 saturated heterocycles. The maximum Gasteiger partial charge on any atom is 0.325 e. The van der Waals surface area contributed by atoms with Crippen LogP contribution in [0.2, 0.25) is 0 Å². The van der Waals surface area contributed by atoms with Crippen molar-refractivity contribution in [1.29, 1.82) is 0 Å². The molecule has 0 aliphatic carbocycles. The highest BCUT2D eigenvalue weighted by Gasteiger charge is 2.50. The van der Waals surface area contributed by atoms with E-state index in [0.29, 0.717) is 35.7 Å². The van der Waals surface area contributed by atoms with Crippen LogP contribution in [-0.2, 0) is 6.42 Å². The van der Waals surface area contributed by atoms with E-state index in [2.05, 4.69) is 41.8 Å². The second-order valence-electron chi connectivity index (χ2n) is 9.26. The average Bonchev–Trinajstić information content (AvgIpc) is 2.84. The van der Waals surface area contributed by atoms with Crippen LogP contribution >= 0.6 is 0 Å². The van der Waals surface area contributed by atoms with Gasteiger partial charge in [-0.25, -0.2) is 4.79 Å². The number of urea groups is 1. The summed E-state index contributed by atoms with van der Waals surface area (Å²) >= 11 is 0. The largest absolute Gasteiger partial charge is 0.497 e. The van der Waals surface area contributed by atoms with Gasteiger partial charge in [0.25, 0.3) is 5.91 Å². The second kappa shape index (κ2) is 8.98. The van der Waals surface area contributed by atoms with E-state index in [4.69, 9.17) is 9.47 Å². The van der Waals surface area contributed by atoms with E-state index in [0.717, 1.165) is 12.0 Å². The SMILES string of the molecule is COc1ccc2c(c1)O[C@]1(C)CC2NC(=O)N1c1cccc(C(=O)NCCc2ccc(C)cc2)c1. The molecule has 5 rings (SSSR count). The van der Waals surface area contributed by atoms with Crippen molar-refractivity contribution in [3.8, 4) is 11.5 Å². The number of carbonyl (C=O) groups excluding carboxylic acids is 2. The van der Waals surface area contributed by atoms with Crippen LogP contribution in [0.15, 0.2) is 66.7 Å². The third-order valence-corrected chi connectivity index (χ3v) is 6.67. The Hall–Kier alpha value is -4.00. The van der Waals surface area contributed by atoms with E-state index in [-0.39, 0.29) is 18.0 Å². The third-order valence-electron chi connectivity index (χ3n) is 6.67. The minimum Gasteiger partial charge on any atom is -0.497 e. The fourth-order valence-electron chi connectivity index (χ4n) is 4.83. The summed E-state index contributed by atoms with van der Waals surface area (Å²) in [6.07, 6.45) is 1.32. The van der Waals surface area contributed by atoms with Gasteiger partial charge in [-0.05, 0) is 56.2 Å². The average molecular weight is 472 g/mol. The minimum atomic E-state index is -0.910. The van der Waals surface area contributed by atoms with E-state index in [9.17, 15) is 9.59 Å². The Bertz CT molecular complexity index is 1270. The first kappa shape index (κ1) is 22.8. The third kappa shape index (κ3) is 4.41. The zero-order valence-corrected chi connectivity index (χ0v) is 20.1. The fraction of sp³-hybridized carbons (Fsp3) is 0.286. The van der Waals surface area contributed by atoms with Crippen LogP contribution in [0.5, 0.6) is 11.5 Å². The molecule has 7 nitrogen and oxygen atoms in total. The number of aryl methyl sites for hydroxylation is 1. The summed E-state index contributed by atoms with van der Waals surface area (Å²) in [5.74, 6) is 1.19. The lowest BCUT2D eigenvalue weighted by atomic mass is 9.90. The highest BCUT2D eigenvalue weighted by atomic mass is 16.5. The first-order valence-corrected chi connectivity index (χ1v) is 11.8. The molecule has 7 heteroatoms.